The van der Waals surface area contributed by atoms with Gasteiger partial charge in [-0.15, -0.1) is 0 Å². The Morgan fingerprint density at radius 2 is 1.78 bits per heavy atom. The van der Waals surface area contributed by atoms with Gasteiger partial charge in [-0.2, -0.15) is 0 Å². The molecule has 0 spiro atoms. The van der Waals surface area contributed by atoms with E-state index in [1.807, 2.05) is 0 Å². The molecule has 0 aliphatic heterocycles. The first-order valence-electron chi connectivity index (χ1n) is 2.40. The van der Waals surface area contributed by atoms with E-state index in [0.29, 0.717) is 0 Å². The molecule has 2 N–H and O–H groups in total. The molecule has 0 heterocycles. The third kappa shape index (κ3) is 11.1. The van der Waals surface area contributed by atoms with Crippen LogP contribution in [0.1, 0.15) is 20.8 Å². The van der Waals surface area contributed by atoms with Crippen LogP contribution in [-0.4, -0.2) is 11.7 Å². The highest BCUT2D eigenvalue weighted by molar-refractivity contribution is 5.65. The number of carbonyl (C=O) groups excluding carboxylic acids is 1. The minimum absolute atomic E-state index is 0. The Morgan fingerprint density at radius 3 is 1.78 bits per heavy atom. The fraction of sp³-hybridized carbons (Fsp3) is 0.800. The van der Waals surface area contributed by atoms with Crippen LogP contribution < -0.4 is 11.9 Å². The van der Waals surface area contributed by atoms with E-state index in [1.165, 1.54) is 0 Å². The maximum Gasteiger partial charge on any atom is 0.405 e. The van der Waals surface area contributed by atoms with Crippen molar-refractivity contribution in [2.45, 2.75) is 26.4 Å². The van der Waals surface area contributed by atoms with E-state index in [0.717, 1.165) is 0 Å². The number of carbonyl (C=O) groups is 1. The molecule has 4 nitrogen and oxygen atoms in total. The summed E-state index contributed by atoms with van der Waals surface area (Å²) in [5, 5.41) is 0. The summed E-state index contributed by atoms with van der Waals surface area (Å²) in [4.78, 5) is 10.0. The highest BCUT2D eigenvalue weighted by Crippen LogP contribution is 2.04. The lowest BCUT2D eigenvalue weighted by Crippen LogP contribution is -2.27. The van der Waals surface area contributed by atoms with E-state index < -0.39 is 11.7 Å². The molecule has 0 aliphatic rings. The van der Waals surface area contributed by atoms with E-state index in [2.05, 4.69) is 4.74 Å². The van der Waals surface area contributed by atoms with Gasteiger partial charge in [0, 0.05) is 6.15 Å². The van der Waals surface area contributed by atoms with Gasteiger partial charge >= 0.3 is 6.09 Å². The van der Waals surface area contributed by atoms with E-state index >= 15 is 0 Å². The van der Waals surface area contributed by atoms with Crippen molar-refractivity contribution in [1.82, 2.24) is 6.15 Å². The number of ether oxygens (including phenoxy) is 1. The van der Waals surface area contributed by atoms with Crippen molar-refractivity contribution in [3.63, 3.8) is 0 Å². The van der Waals surface area contributed by atoms with Crippen LogP contribution in [0, 0.1) is 0 Å². The van der Waals surface area contributed by atoms with E-state index in [9.17, 15) is 4.79 Å². The van der Waals surface area contributed by atoms with Gasteiger partial charge in [-0.05, 0) is 20.8 Å². The molecule has 0 aromatic carbocycles. The molecule has 1 amide bonds. The summed E-state index contributed by atoms with van der Waals surface area (Å²) < 4.78 is 4.58. The Bertz CT molecular complexity index is 95.6. The molecule has 4 heteroatoms. The maximum atomic E-state index is 10.0. The number of primary amides is 1. The molecule has 0 unspecified atom stereocenters. The largest absolute Gasteiger partial charge is 0.444 e. The van der Waals surface area contributed by atoms with Gasteiger partial charge in [-0.25, -0.2) is 4.79 Å². The first-order valence-corrected chi connectivity index (χ1v) is 2.40. The Balaban J connectivity index is 0. The zero-order valence-electron chi connectivity index (χ0n) is 5.84. The summed E-state index contributed by atoms with van der Waals surface area (Å²) in [5.41, 5.74) is 4.26. The van der Waals surface area contributed by atoms with Gasteiger partial charge in [0.15, 0.2) is 0 Å². The topological polar surface area (TPSA) is 82.8 Å². The first-order chi connectivity index (χ1) is 3.42. The number of hydrogen-bond donors (Lipinski definition) is 1. The minimum Gasteiger partial charge on any atom is -0.444 e. The van der Waals surface area contributed by atoms with Crippen LogP contribution in [0.5, 0.6) is 0 Å². The fourth-order valence-electron chi connectivity index (χ4n) is 0.302. The van der Waals surface area contributed by atoms with Crippen molar-refractivity contribution in [1.29, 1.82) is 0 Å². The lowest BCUT2D eigenvalue weighted by atomic mass is 10.2. The molecule has 53 valence electrons. The summed E-state index contributed by atoms with van der Waals surface area (Å²) in [5.74, 6) is 0. The second kappa shape index (κ2) is 3.29. The van der Waals surface area contributed by atoms with Gasteiger partial charge in [0.05, 0.1) is 0 Å². The van der Waals surface area contributed by atoms with E-state index in [1.54, 1.807) is 20.8 Å². The van der Waals surface area contributed by atoms with E-state index in [-0.39, 0.29) is 6.15 Å². The van der Waals surface area contributed by atoms with Crippen LogP contribution in [0.4, 0.5) is 4.79 Å². The second-order valence-electron chi connectivity index (χ2n) is 2.53. The highest BCUT2D eigenvalue weighted by atomic mass is 16.6. The number of nitrogens with zero attached hydrogens (tertiary/aromatic N) is 1. The number of rotatable bonds is 0. The highest BCUT2D eigenvalue weighted by Gasteiger charge is 2.12. The molecule has 0 aliphatic carbocycles. The molecule has 0 aromatic heterocycles. The molecular formula is C5H11N2O2. The molecule has 0 saturated carbocycles. The molecular weight excluding hydrogens is 120 g/mol. The molecule has 0 aromatic rings. The smallest absolute Gasteiger partial charge is 0.405 e. The predicted molar refractivity (Wildman–Crippen MR) is 32.6 cm³/mol. The van der Waals surface area contributed by atoms with Gasteiger partial charge in [-0.1, -0.05) is 0 Å². The van der Waals surface area contributed by atoms with Crippen LogP contribution in [0.3, 0.4) is 0 Å². The number of nitrogens with two attached hydrogens (primary N) is 1. The van der Waals surface area contributed by atoms with E-state index in [4.69, 9.17) is 5.73 Å². The average Bonchev–Trinajstić information content (AvgIpc) is 1.21. The number of hydrogen-bond acceptors (Lipinski definition) is 2. The quantitative estimate of drug-likeness (QED) is 0.516. The lowest BCUT2D eigenvalue weighted by Gasteiger charge is -2.16. The first kappa shape index (κ1) is 11.1. The molecule has 0 atom stereocenters. The van der Waals surface area contributed by atoms with Crippen LogP contribution in [0.25, 0.3) is 0 Å². The number of amides is 1. The average molecular weight is 131 g/mol. The molecule has 0 saturated heterocycles. The molecule has 0 fully saturated rings. The Kier molecular flexibility index (Phi) is 4.06. The van der Waals surface area contributed by atoms with Gasteiger partial charge < -0.3 is 10.5 Å². The second-order valence-corrected chi connectivity index (χ2v) is 2.53. The van der Waals surface area contributed by atoms with Crippen molar-refractivity contribution in [3.8, 4) is 0 Å². The fourth-order valence-corrected chi connectivity index (χ4v) is 0.302. The third-order valence-electron chi connectivity index (χ3n) is 0.407. The molecule has 3 radical (unpaired) electrons. The lowest BCUT2D eigenvalue weighted by molar-refractivity contribution is 0.0600. The summed E-state index contributed by atoms with van der Waals surface area (Å²) in [6.07, 6.45) is -0.725. The van der Waals surface area contributed by atoms with Crippen molar-refractivity contribution in [2.75, 3.05) is 0 Å². The van der Waals surface area contributed by atoms with Gasteiger partial charge in [0.25, 0.3) is 0 Å². The van der Waals surface area contributed by atoms with Crippen molar-refractivity contribution < 1.29 is 9.53 Å². The molecule has 0 rings (SSSR count). The summed E-state index contributed by atoms with van der Waals surface area (Å²) >= 11 is 0. The molecule has 0 bridgehead atoms. The zero-order chi connectivity index (χ0) is 6.78. The van der Waals surface area contributed by atoms with Crippen molar-refractivity contribution in [3.05, 3.63) is 0 Å². The monoisotopic (exact) mass is 131 g/mol. The standard InChI is InChI=1S/C5H11NO2.N/c1-5(2,3)8-4(6)7;/h1-3H3,(H2,6,7);. The minimum atomic E-state index is -0.725. The van der Waals surface area contributed by atoms with Crippen LogP contribution in [-0.2, 0) is 4.74 Å². The third-order valence-corrected chi connectivity index (χ3v) is 0.407. The summed E-state index contributed by atoms with van der Waals surface area (Å²) in [6, 6.07) is 0. The summed E-state index contributed by atoms with van der Waals surface area (Å²) in [7, 11) is 0. The Morgan fingerprint density at radius 1 is 1.44 bits per heavy atom. The van der Waals surface area contributed by atoms with Crippen LogP contribution in [0.15, 0.2) is 0 Å². The van der Waals surface area contributed by atoms with Gasteiger partial charge in [0.1, 0.15) is 5.60 Å². The van der Waals surface area contributed by atoms with Gasteiger partial charge in [0.2, 0.25) is 0 Å². The Labute approximate surface area is 54.9 Å². The van der Waals surface area contributed by atoms with Gasteiger partial charge in [-0.3, -0.25) is 0 Å². The van der Waals surface area contributed by atoms with Crippen LogP contribution in [0.2, 0.25) is 0 Å². The van der Waals surface area contributed by atoms with Crippen molar-refractivity contribution >= 4 is 6.09 Å². The normalized spacial score (nSPS) is 9.67. The maximum absolute atomic E-state index is 10.0. The summed E-state index contributed by atoms with van der Waals surface area (Å²) in [6.45, 7) is 5.28. The predicted octanol–water partition coefficient (Wildman–Crippen LogP) is 0.400. The zero-order valence-corrected chi connectivity index (χ0v) is 5.84. The van der Waals surface area contributed by atoms with Crippen molar-refractivity contribution in [2.24, 2.45) is 5.73 Å². The molecule has 9 heavy (non-hydrogen) atoms. The van der Waals surface area contributed by atoms with Crippen LogP contribution >= 0.6 is 0 Å². The Hall–Kier alpha value is -0.770. The SMILES string of the molecule is CC(C)(C)OC(N)=O.[N].